The summed E-state index contributed by atoms with van der Waals surface area (Å²) < 4.78 is 39.2. The van der Waals surface area contributed by atoms with Gasteiger partial charge in [0.15, 0.2) is 0 Å². The van der Waals surface area contributed by atoms with Crippen LogP contribution in [-0.2, 0) is 0 Å². The first-order chi connectivity index (χ1) is 9.47. The Hall–Kier alpha value is -2.25. The van der Waals surface area contributed by atoms with Crippen LogP contribution in [-0.4, -0.2) is 6.18 Å². The van der Waals surface area contributed by atoms with Crippen LogP contribution < -0.4 is 0 Å². The van der Waals surface area contributed by atoms with Gasteiger partial charge >= 0.3 is 6.18 Å². The zero-order valence-electron chi connectivity index (χ0n) is 10.9. The molecule has 0 heterocycles. The molecular formula is C17H13F3. The molecule has 0 aliphatic rings. The molecule has 20 heavy (non-hydrogen) atoms. The number of allylic oxidation sites excluding steroid dienone is 1. The Bertz CT molecular complexity index is 628. The molecule has 0 bridgehead atoms. The molecule has 0 saturated heterocycles. The van der Waals surface area contributed by atoms with Crippen LogP contribution in [0.15, 0.2) is 60.3 Å². The molecule has 0 amide bonds. The third-order valence-corrected chi connectivity index (χ3v) is 2.81. The van der Waals surface area contributed by atoms with Crippen molar-refractivity contribution in [3.05, 3.63) is 77.0 Å². The van der Waals surface area contributed by atoms with Crippen LogP contribution >= 0.6 is 0 Å². The molecule has 0 N–H and O–H groups in total. The van der Waals surface area contributed by atoms with Crippen molar-refractivity contribution in [2.24, 2.45) is 0 Å². The summed E-state index contributed by atoms with van der Waals surface area (Å²) in [5.41, 5.74) is 3.48. The lowest BCUT2D eigenvalue weighted by Crippen LogP contribution is -2.09. The first-order valence-corrected chi connectivity index (χ1v) is 6.13. The average Bonchev–Trinajstić information content (AvgIpc) is 2.41. The van der Waals surface area contributed by atoms with Gasteiger partial charge in [-0.1, -0.05) is 60.2 Å². The largest absolute Gasteiger partial charge is 0.424 e. The fourth-order valence-electron chi connectivity index (χ4n) is 1.75. The van der Waals surface area contributed by atoms with E-state index in [1.807, 2.05) is 19.1 Å². The molecule has 0 atom stereocenters. The molecule has 3 heteroatoms. The van der Waals surface area contributed by atoms with E-state index in [-0.39, 0.29) is 5.56 Å². The van der Waals surface area contributed by atoms with Gasteiger partial charge < -0.3 is 0 Å². The van der Waals surface area contributed by atoms with Crippen molar-refractivity contribution in [3.8, 4) is 0 Å². The number of hydrogen-bond acceptors (Lipinski definition) is 0. The lowest BCUT2D eigenvalue weighted by Gasteiger charge is -2.09. The van der Waals surface area contributed by atoms with Gasteiger partial charge in [0, 0.05) is 0 Å². The van der Waals surface area contributed by atoms with Crippen LogP contribution in [0.1, 0.15) is 16.7 Å². The second kappa shape index (κ2) is 5.81. The number of benzene rings is 2. The van der Waals surface area contributed by atoms with E-state index in [1.165, 1.54) is 18.2 Å². The van der Waals surface area contributed by atoms with Crippen molar-refractivity contribution < 1.29 is 13.2 Å². The smallest absolute Gasteiger partial charge is 0.165 e. The molecule has 0 spiro atoms. The SMILES string of the molecule is Cc1ccc(C=C=C(c2ccccc2)C(F)(F)F)cc1. The van der Waals surface area contributed by atoms with E-state index in [4.69, 9.17) is 0 Å². The Morgan fingerprint density at radius 2 is 1.55 bits per heavy atom. The number of rotatable bonds is 2. The van der Waals surface area contributed by atoms with Gasteiger partial charge in [-0.05, 0) is 24.1 Å². The van der Waals surface area contributed by atoms with Gasteiger partial charge in [0.1, 0.15) is 5.57 Å². The lowest BCUT2D eigenvalue weighted by atomic mass is 10.1. The summed E-state index contributed by atoms with van der Waals surface area (Å²) in [4.78, 5) is 0. The molecule has 0 radical (unpaired) electrons. The van der Waals surface area contributed by atoms with Gasteiger partial charge in [-0.25, -0.2) is 0 Å². The minimum absolute atomic E-state index is 0.114. The molecule has 0 aromatic heterocycles. The molecule has 102 valence electrons. The highest BCUT2D eigenvalue weighted by Crippen LogP contribution is 2.32. The minimum atomic E-state index is -4.43. The van der Waals surface area contributed by atoms with E-state index in [0.29, 0.717) is 5.56 Å². The van der Waals surface area contributed by atoms with Crippen molar-refractivity contribution >= 4 is 11.6 Å². The van der Waals surface area contributed by atoms with E-state index in [1.54, 1.807) is 30.3 Å². The van der Waals surface area contributed by atoms with Gasteiger partial charge in [-0.15, -0.1) is 5.73 Å². The second-order valence-corrected chi connectivity index (χ2v) is 4.44. The maximum Gasteiger partial charge on any atom is 0.424 e. The molecule has 0 aliphatic heterocycles. The Morgan fingerprint density at radius 3 is 2.10 bits per heavy atom. The van der Waals surface area contributed by atoms with Crippen LogP contribution in [0.25, 0.3) is 11.6 Å². The molecule has 0 nitrogen and oxygen atoms in total. The second-order valence-electron chi connectivity index (χ2n) is 4.44. The number of hydrogen-bond donors (Lipinski definition) is 0. The predicted molar refractivity (Wildman–Crippen MR) is 75.1 cm³/mol. The topological polar surface area (TPSA) is 0 Å². The van der Waals surface area contributed by atoms with E-state index in [9.17, 15) is 13.2 Å². The maximum absolute atomic E-state index is 13.1. The molecule has 0 fully saturated rings. The molecule has 2 aromatic carbocycles. The fraction of sp³-hybridized carbons (Fsp3) is 0.118. The summed E-state index contributed by atoms with van der Waals surface area (Å²) in [5.74, 6) is 0. The summed E-state index contributed by atoms with van der Waals surface area (Å²) >= 11 is 0. The van der Waals surface area contributed by atoms with Gasteiger partial charge in [0.05, 0.1) is 0 Å². The fourth-order valence-corrected chi connectivity index (χ4v) is 1.75. The molecule has 2 rings (SSSR count). The zero-order valence-corrected chi connectivity index (χ0v) is 10.9. The lowest BCUT2D eigenvalue weighted by molar-refractivity contribution is -0.0687. The molecule has 2 aromatic rings. The highest BCUT2D eigenvalue weighted by atomic mass is 19.4. The van der Waals surface area contributed by atoms with Crippen LogP contribution in [0.3, 0.4) is 0 Å². The molecule has 0 saturated carbocycles. The monoisotopic (exact) mass is 274 g/mol. The van der Waals surface area contributed by atoms with Gasteiger partial charge in [-0.3, -0.25) is 0 Å². The average molecular weight is 274 g/mol. The predicted octanol–water partition coefficient (Wildman–Crippen LogP) is 5.25. The number of halogens is 3. The van der Waals surface area contributed by atoms with Crippen molar-refractivity contribution in [2.45, 2.75) is 13.1 Å². The first-order valence-electron chi connectivity index (χ1n) is 6.13. The Kier molecular flexibility index (Phi) is 4.11. The Morgan fingerprint density at radius 1 is 0.950 bits per heavy atom. The van der Waals surface area contributed by atoms with Crippen LogP contribution in [0, 0.1) is 6.92 Å². The van der Waals surface area contributed by atoms with Crippen LogP contribution in [0.4, 0.5) is 13.2 Å². The number of alkyl halides is 3. The third-order valence-electron chi connectivity index (χ3n) is 2.81. The first kappa shape index (κ1) is 14.2. The van der Waals surface area contributed by atoms with E-state index < -0.39 is 11.7 Å². The van der Waals surface area contributed by atoms with Gasteiger partial charge in [0.25, 0.3) is 0 Å². The summed E-state index contributed by atoms with van der Waals surface area (Å²) in [6.07, 6.45) is -3.07. The van der Waals surface area contributed by atoms with E-state index in [0.717, 1.165) is 5.56 Å². The van der Waals surface area contributed by atoms with E-state index in [2.05, 4.69) is 5.73 Å². The Balaban J connectivity index is 2.47. The van der Waals surface area contributed by atoms with Crippen molar-refractivity contribution in [1.29, 1.82) is 0 Å². The van der Waals surface area contributed by atoms with Crippen LogP contribution in [0.2, 0.25) is 0 Å². The summed E-state index contributed by atoms with van der Waals surface area (Å²) in [6, 6.07) is 14.9. The van der Waals surface area contributed by atoms with Crippen LogP contribution in [0.5, 0.6) is 0 Å². The molecular weight excluding hydrogens is 261 g/mol. The minimum Gasteiger partial charge on any atom is -0.165 e. The zero-order chi connectivity index (χ0) is 14.6. The highest BCUT2D eigenvalue weighted by Gasteiger charge is 2.34. The molecule has 0 unspecified atom stereocenters. The highest BCUT2D eigenvalue weighted by molar-refractivity contribution is 5.72. The van der Waals surface area contributed by atoms with Crippen molar-refractivity contribution in [2.75, 3.05) is 0 Å². The van der Waals surface area contributed by atoms with Crippen molar-refractivity contribution in [1.82, 2.24) is 0 Å². The normalized spacial score (nSPS) is 10.8. The van der Waals surface area contributed by atoms with E-state index >= 15 is 0 Å². The van der Waals surface area contributed by atoms with Gasteiger partial charge in [-0.2, -0.15) is 13.2 Å². The quantitative estimate of drug-likeness (QED) is 0.656. The summed E-state index contributed by atoms with van der Waals surface area (Å²) in [6.45, 7) is 1.93. The standard InChI is InChI=1S/C17H13F3/c1-13-7-9-14(10-8-13)11-12-16(17(18,19)20)15-5-3-2-4-6-15/h2-11H,1H3. The third kappa shape index (κ3) is 3.62. The molecule has 0 aliphatic carbocycles. The summed E-state index contributed by atoms with van der Waals surface area (Å²) in [7, 11) is 0. The Labute approximate surface area is 115 Å². The summed E-state index contributed by atoms with van der Waals surface area (Å²) in [5, 5.41) is 0. The maximum atomic E-state index is 13.1. The van der Waals surface area contributed by atoms with Crippen molar-refractivity contribution in [3.63, 3.8) is 0 Å². The number of aryl methyl sites for hydroxylation is 1. The van der Waals surface area contributed by atoms with Gasteiger partial charge in [0.2, 0.25) is 0 Å².